The first-order chi connectivity index (χ1) is 13.5. The second-order valence-electron chi connectivity index (χ2n) is 6.79. The van der Waals surface area contributed by atoms with Crippen molar-refractivity contribution < 1.29 is 14.7 Å². The lowest BCUT2D eigenvalue weighted by Gasteiger charge is -2.24. The van der Waals surface area contributed by atoms with Crippen LogP contribution < -0.4 is 5.32 Å². The smallest absolute Gasteiger partial charge is 0.256 e. The van der Waals surface area contributed by atoms with E-state index in [4.69, 9.17) is 23.2 Å². The number of nitrogens with one attached hydrogen (secondary N) is 1. The molecule has 1 saturated heterocycles. The highest BCUT2D eigenvalue weighted by atomic mass is 35.5. The number of carbonyl (C=O) groups is 2. The van der Waals surface area contributed by atoms with E-state index in [9.17, 15) is 14.7 Å². The van der Waals surface area contributed by atoms with Gasteiger partial charge in [0.2, 0.25) is 5.91 Å². The highest BCUT2D eigenvalue weighted by Crippen LogP contribution is 2.26. The average Bonchev–Trinajstić information content (AvgIpc) is 3.19. The predicted molar refractivity (Wildman–Crippen MR) is 110 cm³/mol. The van der Waals surface area contributed by atoms with Gasteiger partial charge in [-0.25, -0.2) is 0 Å². The summed E-state index contributed by atoms with van der Waals surface area (Å²) in [5.74, 6) is -0.515. The molecule has 2 amide bonds. The first-order valence-corrected chi connectivity index (χ1v) is 9.99. The molecule has 2 N–H and O–H groups in total. The third-order valence-corrected chi connectivity index (χ3v) is 5.44. The predicted octanol–water partition coefficient (Wildman–Crippen LogP) is 3.84. The molecular formula is C21H22Cl2N2O3. The number of rotatable bonds is 6. The molecule has 2 atom stereocenters. The number of amides is 2. The molecule has 0 unspecified atom stereocenters. The number of likely N-dealkylation sites (tertiary alicyclic amines) is 1. The van der Waals surface area contributed by atoms with Crippen molar-refractivity contribution in [1.29, 1.82) is 0 Å². The van der Waals surface area contributed by atoms with E-state index in [0.717, 1.165) is 12.0 Å². The quantitative estimate of drug-likeness (QED) is 0.745. The minimum Gasteiger partial charge on any atom is -0.388 e. The van der Waals surface area contributed by atoms with Gasteiger partial charge in [-0.15, -0.1) is 0 Å². The fourth-order valence-electron chi connectivity index (χ4n) is 3.39. The Bertz CT molecular complexity index is 845. The fraction of sp³-hybridized carbons (Fsp3) is 0.333. The van der Waals surface area contributed by atoms with Crippen LogP contribution in [-0.2, 0) is 4.79 Å². The molecule has 0 spiro atoms. The molecule has 5 nitrogen and oxygen atoms in total. The Morgan fingerprint density at radius 1 is 1.18 bits per heavy atom. The average molecular weight is 421 g/mol. The molecule has 0 bridgehead atoms. The molecule has 2 aromatic carbocycles. The van der Waals surface area contributed by atoms with Gasteiger partial charge in [0.05, 0.1) is 16.7 Å². The first kappa shape index (κ1) is 20.6. The molecule has 0 aromatic heterocycles. The van der Waals surface area contributed by atoms with Gasteiger partial charge in [-0.1, -0.05) is 53.5 Å². The van der Waals surface area contributed by atoms with Crippen molar-refractivity contribution in [3.63, 3.8) is 0 Å². The fourth-order valence-corrected chi connectivity index (χ4v) is 3.76. The summed E-state index contributed by atoms with van der Waals surface area (Å²) in [5, 5.41) is 13.8. The zero-order valence-corrected chi connectivity index (χ0v) is 16.8. The van der Waals surface area contributed by atoms with Crippen molar-refractivity contribution in [2.45, 2.75) is 31.4 Å². The molecule has 0 aliphatic carbocycles. The minimum atomic E-state index is -0.645. The summed E-state index contributed by atoms with van der Waals surface area (Å²) in [6.07, 6.45) is 1.09. The zero-order chi connectivity index (χ0) is 20.1. The summed E-state index contributed by atoms with van der Waals surface area (Å²) in [7, 11) is 0. The third kappa shape index (κ3) is 4.85. The van der Waals surface area contributed by atoms with E-state index < -0.39 is 12.1 Å². The van der Waals surface area contributed by atoms with Crippen LogP contribution in [0.3, 0.4) is 0 Å². The summed E-state index contributed by atoms with van der Waals surface area (Å²) in [5.41, 5.74) is 1.11. The van der Waals surface area contributed by atoms with Crippen LogP contribution in [0.4, 0.5) is 0 Å². The highest BCUT2D eigenvalue weighted by molar-refractivity contribution is 6.35. The van der Waals surface area contributed by atoms with E-state index in [1.54, 1.807) is 17.0 Å². The summed E-state index contributed by atoms with van der Waals surface area (Å²) >= 11 is 12.1. The summed E-state index contributed by atoms with van der Waals surface area (Å²) in [6, 6.07) is 13.5. The van der Waals surface area contributed by atoms with E-state index in [-0.39, 0.29) is 11.8 Å². The van der Waals surface area contributed by atoms with Crippen LogP contribution in [0.1, 0.15) is 41.3 Å². The number of benzene rings is 2. The van der Waals surface area contributed by atoms with Gasteiger partial charge in [0.15, 0.2) is 0 Å². The van der Waals surface area contributed by atoms with Crippen LogP contribution in [0.25, 0.3) is 0 Å². The number of halogens is 2. The van der Waals surface area contributed by atoms with Crippen LogP contribution in [0.15, 0.2) is 48.5 Å². The standard InChI is InChI=1S/C21H22Cl2N2O3/c22-15-8-9-17(23)16(13-15)21(28)25-12-4-7-18(25)20(27)24-11-10-19(26)14-5-2-1-3-6-14/h1-3,5-6,8-9,13,18-19,26H,4,7,10-12H2,(H,24,27)/t18-,19-/m0/s1. The topological polar surface area (TPSA) is 69.6 Å². The Hall–Kier alpha value is -2.08. The highest BCUT2D eigenvalue weighted by Gasteiger charge is 2.35. The Morgan fingerprint density at radius 2 is 1.93 bits per heavy atom. The van der Waals surface area contributed by atoms with Gasteiger partial charge < -0.3 is 15.3 Å². The lowest BCUT2D eigenvalue weighted by atomic mass is 10.1. The van der Waals surface area contributed by atoms with Crippen LogP contribution >= 0.6 is 23.2 Å². The number of hydrogen-bond donors (Lipinski definition) is 2. The molecule has 1 aliphatic heterocycles. The number of aliphatic hydroxyl groups excluding tert-OH is 1. The molecule has 2 aromatic rings. The van der Waals surface area contributed by atoms with Gasteiger partial charge in [-0.3, -0.25) is 9.59 Å². The van der Waals surface area contributed by atoms with Gasteiger partial charge in [0, 0.05) is 18.1 Å². The number of hydrogen-bond acceptors (Lipinski definition) is 3. The number of aliphatic hydroxyl groups is 1. The van der Waals surface area contributed by atoms with Crippen LogP contribution in [0.5, 0.6) is 0 Å². The van der Waals surface area contributed by atoms with Crippen molar-refractivity contribution in [3.05, 3.63) is 69.7 Å². The van der Waals surface area contributed by atoms with Gasteiger partial charge in [-0.2, -0.15) is 0 Å². The molecular weight excluding hydrogens is 399 g/mol. The minimum absolute atomic E-state index is 0.218. The van der Waals surface area contributed by atoms with Crippen LogP contribution in [-0.4, -0.2) is 41.0 Å². The van der Waals surface area contributed by atoms with Crippen molar-refractivity contribution in [3.8, 4) is 0 Å². The summed E-state index contributed by atoms with van der Waals surface area (Å²) in [6.45, 7) is 0.817. The monoisotopic (exact) mass is 420 g/mol. The lowest BCUT2D eigenvalue weighted by molar-refractivity contribution is -0.124. The maximum absolute atomic E-state index is 12.9. The molecule has 1 fully saturated rings. The zero-order valence-electron chi connectivity index (χ0n) is 15.3. The van der Waals surface area contributed by atoms with Crippen LogP contribution in [0, 0.1) is 0 Å². The Morgan fingerprint density at radius 3 is 2.68 bits per heavy atom. The van der Waals surface area contributed by atoms with Crippen molar-refractivity contribution in [2.75, 3.05) is 13.1 Å². The Balaban J connectivity index is 1.58. The summed E-state index contributed by atoms with van der Waals surface area (Å²) in [4.78, 5) is 27.0. The molecule has 148 valence electrons. The van der Waals surface area contributed by atoms with E-state index in [1.165, 1.54) is 6.07 Å². The second kappa shape index (κ2) is 9.41. The van der Waals surface area contributed by atoms with Crippen molar-refractivity contribution in [2.24, 2.45) is 0 Å². The number of nitrogens with zero attached hydrogens (tertiary/aromatic N) is 1. The summed E-state index contributed by atoms with van der Waals surface area (Å²) < 4.78 is 0. The van der Waals surface area contributed by atoms with Gasteiger partial charge in [0.1, 0.15) is 6.04 Å². The van der Waals surface area contributed by atoms with Gasteiger partial charge in [0.25, 0.3) is 5.91 Å². The maximum Gasteiger partial charge on any atom is 0.256 e. The van der Waals surface area contributed by atoms with E-state index >= 15 is 0 Å². The molecule has 1 aliphatic rings. The van der Waals surface area contributed by atoms with Gasteiger partial charge in [-0.05, 0) is 43.0 Å². The normalized spacial score (nSPS) is 17.4. The first-order valence-electron chi connectivity index (χ1n) is 9.24. The molecule has 7 heteroatoms. The Labute approximate surface area is 174 Å². The SMILES string of the molecule is O=C(NCC[C@H](O)c1ccccc1)[C@@H]1CCCN1C(=O)c1cc(Cl)ccc1Cl. The third-order valence-electron chi connectivity index (χ3n) is 4.88. The van der Waals surface area contributed by atoms with Crippen molar-refractivity contribution in [1.82, 2.24) is 10.2 Å². The maximum atomic E-state index is 12.9. The van der Waals surface area contributed by atoms with Crippen molar-refractivity contribution >= 4 is 35.0 Å². The molecule has 3 rings (SSSR count). The van der Waals surface area contributed by atoms with E-state index in [2.05, 4.69) is 5.32 Å². The van der Waals surface area contributed by atoms with Crippen LogP contribution in [0.2, 0.25) is 10.0 Å². The second-order valence-corrected chi connectivity index (χ2v) is 7.63. The number of carbonyl (C=O) groups excluding carboxylic acids is 2. The lowest BCUT2D eigenvalue weighted by Crippen LogP contribution is -2.46. The largest absolute Gasteiger partial charge is 0.388 e. The van der Waals surface area contributed by atoms with E-state index in [0.29, 0.717) is 41.5 Å². The van der Waals surface area contributed by atoms with E-state index in [1.807, 2.05) is 30.3 Å². The van der Waals surface area contributed by atoms with Gasteiger partial charge >= 0.3 is 0 Å². The molecule has 1 heterocycles. The molecule has 0 saturated carbocycles. The Kier molecular flexibility index (Phi) is 6.94. The molecule has 28 heavy (non-hydrogen) atoms. The molecule has 0 radical (unpaired) electrons.